The van der Waals surface area contributed by atoms with Crippen LogP contribution in [-0.4, -0.2) is 18.1 Å². The Kier molecular flexibility index (Phi) is 4.10. The van der Waals surface area contributed by atoms with Crippen LogP contribution in [0, 0.1) is 5.82 Å². The number of halogens is 2. The van der Waals surface area contributed by atoms with Crippen LogP contribution in [0.1, 0.15) is 10.4 Å². The number of methoxy groups -OCH3 is 1. The quantitative estimate of drug-likeness (QED) is 0.912. The fraction of sp³-hybridized carbons (Fsp3) is 0.0714. The predicted octanol–water partition coefficient (Wildman–Crippen LogP) is 3.45. The van der Waals surface area contributed by atoms with Crippen molar-refractivity contribution in [3.63, 3.8) is 0 Å². The fourth-order valence-electron chi connectivity index (χ4n) is 1.65. The van der Waals surface area contributed by atoms with E-state index in [4.69, 9.17) is 16.3 Å². The molecule has 0 radical (unpaired) electrons. The number of benzene rings is 2. The molecule has 2 rings (SSSR count). The third-order valence-electron chi connectivity index (χ3n) is 2.61. The van der Waals surface area contributed by atoms with Crippen LogP contribution >= 0.6 is 11.6 Å². The van der Waals surface area contributed by atoms with Crippen LogP contribution in [0.5, 0.6) is 11.5 Å². The van der Waals surface area contributed by atoms with Gasteiger partial charge in [-0.3, -0.25) is 4.79 Å². The van der Waals surface area contributed by atoms with Gasteiger partial charge in [0, 0.05) is 6.07 Å². The Hall–Kier alpha value is -2.27. The van der Waals surface area contributed by atoms with Crippen LogP contribution in [0.3, 0.4) is 0 Å². The maximum Gasteiger partial charge on any atom is 0.257 e. The summed E-state index contributed by atoms with van der Waals surface area (Å²) in [5.41, 5.74) is 0.413. The van der Waals surface area contributed by atoms with Crippen LogP contribution in [-0.2, 0) is 0 Å². The predicted molar refractivity (Wildman–Crippen MR) is 74.0 cm³/mol. The monoisotopic (exact) mass is 295 g/mol. The van der Waals surface area contributed by atoms with Gasteiger partial charge in [0.25, 0.3) is 5.91 Å². The first-order valence-corrected chi connectivity index (χ1v) is 6.02. The highest BCUT2D eigenvalue weighted by atomic mass is 35.5. The molecule has 0 fully saturated rings. The largest absolute Gasteiger partial charge is 0.508 e. The molecule has 0 bridgehead atoms. The van der Waals surface area contributed by atoms with Gasteiger partial charge in [-0.25, -0.2) is 4.39 Å². The number of hydrogen-bond donors (Lipinski definition) is 2. The molecule has 0 unspecified atom stereocenters. The van der Waals surface area contributed by atoms with Crippen LogP contribution < -0.4 is 10.1 Å². The highest BCUT2D eigenvalue weighted by Gasteiger charge is 2.14. The average molecular weight is 296 g/mol. The van der Waals surface area contributed by atoms with Gasteiger partial charge in [-0.15, -0.1) is 0 Å². The lowest BCUT2D eigenvalue weighted by Gasteiger charge is -2.11. The van der Waals surface area contributed by atoms with E-state index in [9.17, 15) is 14.3 Å². The van der Waals surface area contributed by atoms with E-state index in [2.05, 4.69) is 5.32 Å². The molecule has 1 amide bonds. The molecule has 2 N–H and O–H groups in total. The molecule has 0 heterocycles. The van der Waals surface area contributed by atoms with E-state index < -0.39 is 11.7 Å². The van der Waals surface area contributed by atoms with Crippen LogP contribution in [0.2, 0.25) is 5.02 Å². The Bertz CT molecular complexity index is 661. The van der Waals surface area contributed by atoms with E-state index in [0.29, 0.717) is 5.69 Å². The molecule has 0 spiro atoms. The molecule has 2 aromatic rings. The number of amides is 1. The number of carbonyl (C=O) groups excluding carboxylic acids is 1. The number of anilines is 1. The summed E-state index contributed by atoms with van der Waals surface area (Å²) in [6, 6.07) is 7.75. The van der Waals surface area contributed by atoms with Crippen molar-refractivity contribution >= 4 is 23.2 Å². The summed E-state index contributed by atoms with van der Waals surface area (Å²) in [6.07, 6.45) is 0. The van der Waals surface area contributed by atoms with E-state index in [1.807, 2.05) is 0 Å². The molecule has 0 saturated heterocycles. The van der Waals surface area contributed by atoms with Gasteiger partial charge >= 0.3 is 0 Å². The molecule has 0 aliphatic heterocycles. The van der Waals surface area contributed by atoms with Gasteiger partial charge in [-0.2, -0.15) is 0 Å². The van der Waals surface area contributed by atoms with Crippen molar-refractivity contribution in [3.8, 4) is 11.5 Å². The lowest BCUT2D eigenvalue weighted by molar-refractivity contribution is 0.102. The summed E-state index contributed by atoms with van der Waals surface area (Å²) >= 11 is 5.89. The number of ether oxygens (including phenoxy) is 1. The second kappa shape index (κ2) is 5.79. The summed E-state index contributed by atoms with van der Waals surface area (Å²) < 4.78 is 18.0. The van der Waals surface area contributed by atoms with Gasteiger partial charge in [0.15, 0.2) is 0 Å². The summed E-state index contributed by atoms with van der Waals surface area (Å²) in [6.45, 7) is 0. The van der Waals surface area contributed by atoms with E-state index in [-0.39, 0.29) is 22.1 Å². The maximum absolute atomic E-state index is 13.1. The summed E-state index contributed by atoms with van der Waals surface area (Å²) in [5, 5.41) is 12.1. The van der Waals surface area contributed by atoms with E-state index in [1.54, 1.807) is 0 Å². The van der Waals surface area contributed by atoms with E-state index in [1.165, 1.54) is 37.4 Å². The number of hydrogen-bond acceptors (Lipinski definition) is 3. The van der Waals surface area contributed by atoms with Gasteiger partial charge in [0.1, 0.15) is 17.3 Å². The maximum atomic E-state index is 13.1. The van der Waals surface area contributed by atoms with Crippen molar-refractivity contribution in [2.45, 2.75) is 0 Å². The first-order chi connectivity index (χ1) is 9.51. The molecule has 6 heteroatoms. The molecule has 2 aromatic carbocycles. The minimum absolute atomic E-state index is 0.0781. The van der Waals surface area contributed by atoms with Gasteiger partial charge in [-0.1, -0.05) is 11.6 Å². The smallest absolute Gasteiger partial charge is 0.257 e. The molecule has 0 atom stereocenters. The standard InChI is InChI=1S/C14H11ClFNO3/c1-20-13-6-8(16)2-5-12(13)17-14(19)10-7-9(18)3-4-11(10)15/h2-7,18H,1H3,(H,17,19). The topological polar surface area (TPSA) is 58.6 Å². The summed E-state index contributed by atoms with van der Waals surface area (Å²) in [5.74, 6) is -0.897. The molecule has 0 aliphatic rings. The van der Waals surface area contributed by atoms with Gasteiger partial charge in [-0.05, 0) is 30.3 Å². The molecular formula is C14H11ClFNO3. The molecular weight excluding hydrogens is 285 g/mol. The van der Waals surface area contributed by atoms with Gasteiger partial charge < -0.3 is 15.2 Å². The third kappa shape index (κ3) is 3.00. The Morgan fingerprint density at radius 2 is 2.05 bits per heavy atom. The minimum Gasteiger partial charge on any atom is -0.508 e. The lowest BCUT2D eigenvalue weighted by Crippen LogP contribution is -2.13. The van der Waals surface area contributed by atoms with Crippen molar-refractivity contribution in [1.82, 2.24) is 0 Å². The zero-order valence-electron chi connectivity index (χ0n) is 10.5. The zero-order chi connectivity index (χ0) is 14.7. The molecule has 0 aliphatic carbocycles. The van der Waals surface area contributed by atoms with Crippen molar-refractivity contribution in [3.05, 3.63) is 52.8 Å². The van der Waals surface area contributed by atoms with Crippen molar-refractivity contribution in [2.75, 3.05) is 12.4 Å². The second-order valence-electron chi connectivity index (χ2n) is 3.96. The number of aromatic hydroxyl groups is 1. The zero-order valence-corrected chi connectivity index (χ0v) is 11.2. The Morgan fingerprint density at radius 1 is 1.30 bits per heavy atom. The Morgan fingerprint density at radius 3 is 2.75 bits per heavy atom. The van der Waals surface area contributed by atoms with Crippen molar-refractivity contribution < 1.29 is 19.0 Å². The van der Waals surface area contributed by atoms with Crippen LogP contribution in [0.15, 0.2) is 36.4 Å². The van der Waals surface area contributed by atoms with Crippen LogP contribution in [0.4, 0.5) is 10.1 Å². The molecule has 0 aromatic heterocycles. The number of rotatable bonds is 3. The normalized spacial score (nSPS) is 10.2. The van der Waals surface area contributed by atoms with Gasteiger partial charge in [0.2, 0.25) is 0 Å². The molecule has 104 valence electrons. The number of carbonyl (C=O) groups is 1. The number of phenols is 1. The van der Waals surface area contributed by atoms with E-state index >= 15 is 0 Å². The first kappa shape index (κ1) is 14.1. The highest BCUT2D eigenvalue weighted by Crippen LogP contribution is 2.27. The SMILES string of the molecule is COc1cc(F)ccc1NC(=O)c1cc(O)ccc1Cl. The number of nitrogens with one attached hydrogen (secondary N) is 1. The van der Waals surface area contributed by atoms with Crippen LogP contribution in [0.25, 0.3) is 0 Å². The highest BCUT2D eigenvalue weighted by molar-refractivity contribution is 6.34. The minimum atomic E-state index is -0.532. The molecule has 20 heavy (non-hydrogen) atoms. The van der Waals surface area contributed by atoms with E-state index in [0.717, 1.165) is 6.07 Å². The average Bonchev–Trinajstić information content (AvgIpc) is 2.43. The van der Waals surface area contributed by atoms with Crippen molar-refractivity contribution in [1.29, 1.82) is 0 Å². The summed E-state index contributed by atoms with van der Waals surface area (Å²) in [7, 11) is 1.37. The molecule has 0 saturated carbocycles. The second-order valence-corrected chi connectivity index (χ2v) is 4.37. The fourth-order valence-corrected chi connectivity index (χ4v) is 1.85. The lowest BCUT2D eigenvalue weighted by atomic mass is 10.2. The summed E-state index contributed by atoms with van der Waals surface area (Å²) in [4.78, 5) is 12.1. The first-order valence-electron chi connectivity index (χ1n) is 5.64. The van der Waals surface area contributed by atoms with Crippen molar-refractivity contribution in [2.24, 2.45) is 0 Å². The molecule has 4 nitrogen and oxygen atoms in total. The Balaban J connectivity index is 2.30. The van der Waals surface area contributed by atoms with Gasteiger partial charge in [0.05, 0.1) is 23.4 Å². The number of phenolic OH excluding ortho intramolecular Hbond substituents is 1. The third-order valence-corrected chi connectivity index (χ3v) is 2.94. The Labute approximate surface area is 119 Å².